The van der Waals surface area contributed by atoms with E-state index in [0.29, 0.717) is 0 Å². The molecular formula is C94H63BN4O2. The molecule has 6 heterocycles. The molecule has 0 saturated carbocycles. The molecule has 7 heteroatoms. The summed E-state index contributed by atoms with van der Waals surface area (Å²) in [5.41, 5.74) is 30.1. The van der Waals surface area contributed by atoms with Crippen molar-refractivity contribution in [3.8, 4) is 101 Å². The highest BCUT2D eigenvalue weighted by molar-refractivity contribution is 7.00. The Balaban J connectivity index is 0.991. The average molecular weight is 1290 g/mol. The Kier molecular flexibility index (Phi) is 12.4. The van der Waals surface area contributed by atoms with Crippen molar-refractivity contribution in [2.75, 3.05) is 9.80 Å². The van der Waals surface area contributed by atoms with Crippen LogP contribution in [0.2, 0.25) is 0 Å². The lowest BCUT2D eigenvalue weighted by atomic mass is 9.33. The van der Waals surface area contributed by atoms with Gasteiger partial charge in [0.25, 0.3) is 6.71 Å². The number of benzene rings is 15. The molecule has 101 heavy (non-hydrogen) atoms. The predicted octanol–water partition coefficient (Wildman–Crippen LogP) is 23.5. The lowest BCUT2D eigenvalue weighted by molar-refractivity contribution is 0.486. The van der Waals surface area contributed by atoms with Gasteiger partial charge in [0.15, 0.2) is 0 Å². The zero-order chi connectivity index (χ0) is 66.8. The maximum atomic E-state index is 7.56. The van der Waals surface area contributed by atoms with Gasteiger partial charge in [-0.1, -0.05) is 239 Å². The lowest BCUT2D eigenvalue weighted by Crippen LogP contribution is -2.62. The molecule has 0 N–H and O–H groups in total. The normalized spacial score (nSPS) is 13.0. The fraction of sp³-hybridized carbons (Fsp3) is 0.0426. The Hall–Kier alpha value is -12.8. The second-order valence-corrected chi connectivity index (χ2v) is 28.3. The summed E-state index contributed by atoms with van der Waals surface area (Å²) < 4.78 is 20.1. The summed E-state index contributed by atoms with van der Waals surface area (Å²) in [5, 5.41) is 4.78. The van der Waals surface area contributed by atoms with Crippen LogP contribution in [-0.4, -0.2) is 15.8 Å². The molecule has 0 fully saturated rings. The highest BCUT2D eigenvalue weighted by atomic mass is 16.5. The molecule has 6 nitrogen and oxygen atoms in total. The molecule has 0 saturated heterocycles. The van der Waals surface area contributed by atoms with Crippen LogP contribution in [-0.2, 0) is 5.41 Å². The standard InChI is InChI=1S/C94H63BN4O2/c1-94(2,3)62-52-85-91-86(53-62)99-84-49-47-61(59-28-8-5-9-29-59)51-74(84)70-35-15-23-43-88(70)101-90-45-25-17-37-72(90)76-55-64(97-81-40-20-12-32-67(81)68-33-13-21-41-82(68)97)57-78(93(76)99)95(91)77-56-63(96-79-38-18-10-30-65(79)66-31-11-19-39-80(66)96)54-75-71-36-16-24-44-89(71)100-87-42-22-14-34-69(87)73-50-60(58-26-6-4-7-27-58)46-48-83(73)98(85)92(75)77/h4-57H,1-3H3. The van der Waals surface area contributed by atoms with Gasteiger partial charge in [-0.05, 0) is 159 Å². The van der Waals surface area contributed by atoms with Crippen LogP contribution in [0.1, 0.15) is 26.3 Å². The van der Waals surface area contributed by atoms with E-state index >= 15 is 0 Å². The van der Waals surface area contributed by atoms with E-state index in [1.807, 2.05) is 0 Å². The van der Waals surface area contributed by atoms with Gasteiger partial charge in [-0.3, -0.25) is 0 Å². The van der Waals surface area contributed by atoms with Crippen molar-refractivity contribution in [2.45, 2.75) is 26.2 Å². The molecular weight excluding hydrogens is 1230 g/mol. The highest BCUT2D eigenvalue weighted by Crippen LogP contribution is 2.58. The van der Waals surface area contributed by atoms with Gasteiger partial charge >= 0.3 is 0 Å². The number of aromatic nitrogens is 2. The second kappa shape index (κ2) is 21.8. The molecule has 0 amide bonds. The van der Waals surface area contributed by atoms with Crippen molar-refractivity contribution >= 4 is 101 Å². The van der Waals surface area contributed by atoms with E-state index in [9.17, 15) is 0 Å². The summed E-state index contributed by atoms with van der Waals surface area (Å²) in [6, 6.07) is 121. The molecule has 474 valence electrons. The van der Waals surface area contributed by atoms with Crippen LogP contribution in [0, 0.1) is 0 Å². The first-order chi connectivity index (χ1) is 49.8. The van der Waals surface area contributed by atoms with E-state index in [2.05, 4.69) is 367 Å². The third kappa shape index (κ3) is 8.60. The number of fused-ring (bicyclic) bond motifs is 22. The van der Waals surface area contributed by atoms with Gasteiger partial charge < -0.3 is 28.4 Å². The Morgan fingerprint density at radius 2 is 0.594 bits per heavy atom. The average Bonchev–Trinajstić information content (AvgIpc) is 0.798. The van der Waals surface area contributed by atoms with Crippen LogP contribution in [0.25, 0.3) is 122 Å². The smallest absolute Gasteiger partial charge is 0.252 e. The largest absolute Gasteiger partial charge is 0.456 e. The van der Waals surface area contributed by atoms with Crippen molar-refractivity contribution in [2.24, 2.45) is 0 Å². The van der Waals surface area contributed by atoms with Crippen LogP contribution in [0.3, 0.4) is 0 Å². The first-order valence-electron chi connectivity index (χ1n) is 35.0. The van der Waals surface area contributed by atoms with Gasteiger partial charge in [-0.25, -0.2) is 0 Å². The van der Waals surface area contributed by atoms with Crippen LogP contribution in [0.4, 0.5) is 34.1 Å². The van der Waals surface area contributed by atoms with Gasteiger partial charge in [0.05, 0.1) is 33.4 Å². The second-order valence-electron chi connectivity index (χ2n) is 28.3. The third-order valence-electron chi connectivity index (χ3n) is 21.6. The van der Waals surface area contributed by atoms with Gasteiger partial charge in [0, 0.05) is 100 Å². The summed E-state index contributed by atoms with van der Waals surface area (Å²) >= 11 is 0. The van der Waals surface area contributed by atoms with Gasteiger partial charge in [-0.15, -0.1) is 0 Å². The van der Waals surface area contributed by atoms with E-state index in [-0.39, 0.29) is 5.41 Å². The van der Waals surface area contributed by atoms with E-state index in [4.69, 9.17) is 9.47 Å². The van der Waals surface area contributed by atoms with Crippen LogP contribution in [0.5, 0.6) is 23.0 Å². The monoisotopic (exact) mass is 1290 g/mol. The molecule has 0 atom stereocenters. The Labute approximate surface area is 586 Å². The maximum Gasteiger partial charge on any atom is 0.252 e. The van der Waals surface area contributed by atoms with Crippen LogP contribution in [0.15, 0.2) is 328 Å². The van der Waals surface area contributed by atoms with E-state index < -0.39 is 6.71 Å². The van der Waals surface area contributed by atoms with Crippen molar-refractivity contribution in [1.29, 1.82) is 0 Å². The quantitative estimate of drug-likeness (QED) is 0.165. The summed E-state index contributed by atoms with van der Waals surface area (Å²) in [5.74, 6) is 3.08. The minimum Gasteiger partial charge on any atom is -0.456 e. The molecule has 17 aromatic rings. The summed E-state index contributed by atoms with van der Waals surface area (Å²) in [6.07, 6.45) is 0. The first-order valence-corrected chi connectivity index (χ1v) is 35.0. The molecule has 0 radical (unpaired) electrons. The fourth-order valence-corrected chi connectivity index (χ4v) is 17.1. The van der Waals surface area contributed by atoms with Crippen LogP contribution < -0.4 is 35.7 Å². The predicted molar refractivity (Wildman–Crippen MR) is 421 cm³/mol. The molecule has 4 aliphatic rings. The Bertz CT molecular complexity index is 5870. The number of anilines is 6. The topological polar surface area (TPSA) is 34.8 Å². The highest BCUT2D eigenvalue weighted by Gasteiger charge is 2.48. The van der Waals surface area contributed by atoms with Crippen molar-refractivity contribution in [3.05, 3.63) is 333 Å². The zero-order valence-electron chi connectivity index (χ0n) is 55.9. The Morgan fingerprint density at radius 3 is 0.960 bits per heavy atom. The first kappa shape index (κ1) is 57.3. The molecule has 2 aromatic heterocycles. The number of ether oxygens (including phenoxy) is 2. The summed E-state index contributed by atoms with van der Waals surface area (Å²) in [7, 11) is 0. The molecule has 0 bridgehead atoms. The summed E-state index contributed by atoms with van der Waals surface area (Å²) in [6.45, 7) is 6.71. The lowest BCUT2D eigenvalue weighted by Gasteiger charge is -2.47. The molecule has 0 aliphatic carbocycles. The van der Waals surface area contributed by atoms with Crippen molar-refractivity contribution < 1.29 is 9.47 Å². The number of hydrogen-bond acceptors (Lipinski definition) is 4. The zero-order valence-corrected chi connectivity index (χ0v) is 55.9. The van der Waals surface area contributed by atoms with Gasteiger partial charge in [-0.2, -0.15) is 0 Å². The fourth-order valence-electron chi connectivity index (χ4n) is 17.1. The molecule has 4 aliphatic heterocycles. The third-order valence-corrected chi connectivity index (χ3v) is 21.6. The minimum atomic E-state index is -0.407. The number of para-hydroxylation sites is 8. The van der Waals surface area contributed by atoms with Crippen molar-refractivity contribution in [3.63, 3.8) is 0 Å². The maximum absolute atomic E-state index is 7.56. The molecule has 0 unspecified atom stereocenters. The van der Waals surface area contributed by atoms with E-state index in [1.54, 1.807) is 0 Å². The van der Waals surface area contributed by atoms with Crippen molar-refractivity contribution in [1.82, 2.24) is 9.13 Å². The Morgan fingerprint density at radius 1 is 0.267 bits per heavy atom. The van der Waals surface area contributed by atoms with Crippen LogP contribution >= 0.6 is 0 Å². The minimum absolute atomic E-state index is 0.345. The number of nitrogens with zero attached hydrogens (tertiary/aromatic N) is 4. The van der Waals surface area contributed by atoms with Gasteiger partial charge in [0.2, 0.25) is 0 Å². The summed E-state index contributed by atoms with van der Waals surface area (Å²) in [4.78, 5) is 5.35. The number of hydrogen-bond donors (Lipinski definition) is 0. The number of rotatable bonds is 4. The van der Waals surface area contributed by atoms with E-state index in [0.717, 1.165) is 168 Å². The molecule has 21 rings (SSSR count). The SMILES string of the molecule is CC(C)(C)c1cc2c3c(c1)N1c4ccc(-c5ccccc5)cc4-c4ccccc4Oc4ccccc4-c4cc(-n5c6ccccc6c6ccccc65)cc(c41)B3c1cc(-n3c4ccccc4c4ccccc43)cc3c1N2c1ccc(-c2ccccc2)cc1-c1ccccc1Oc1ccccc1-3. The molecule has 0 spiro atoms. The van der Waals surface area contributed by atoms with Gasteiger partial charge in [0.1, 0.15) is 23.0 Å². The molecule has 15 aromatic carbocycles. The van der Waals surface area contributed by atoms with E-state index in [1.165, 1.54) is 32.6 Å².